The van der Waals surface area contributed by atoms with E-state index in [1.165, 1.54) is 4.57 Å². The number of benzene rings is 1. The molecule has 0 bridgehead atoms. The molecular weight excluding hydrogens is 310 g/mol. The molecule has 128 valence electrons. The summed E-state index contributed by atoms with van der Waals surface area (Å²) in [5.41, 5.74) is 1.17. The molecule has 2 aromatic rings. The Morgan fingerprint density at radius 1 is 1.25 bits per heavy atom. The van der Waals surface area contributed by atoms with Crippen molar-refractivity contribution in [2.45, 2.75) is 25.6 Å². The second-order valence-electron chi connectivity index (χ2n) is 6.54. The second kappa shape index (κ2) is 6.07. The molecule has 0 aliphatic carbocycles. The lowest BCUT2D eigenvalue weighted by Gasteiger charge is -2.47. The minimum atomic E-state index is -0.488. The summed E-state index contributed by atoms with van der Waals surface area (Å²) >= 11 is 0. The van der Waals surface area contributed by atoms with Crippen molar-refractivity contribution in [3.63, 3.8) is 0 Å². The van der Waals surface area contributed by atoms with E-state index in [1.54, 1.807) is 18.2 Å². The van der Waals surface area contributed by atoms with Gasteiger partial charge in [-0.2, -0.15) is 0 Å². The van der Waals surface area contributed by atoms with E-state index in [1.807, 2.05) is 11.0 Å². The molecule has 1 aromatic heterocycles. The number of fused-ring (bicyclic) bond motifs is 2. The highest BCUT2D eigenvalue weighted by molar-refractivity contribution is 5.79. The number of rotatable bonds is 2. The van der Waals surface area contributed by atoms with Crippen LogP contribution in [0.2, 0.25) is 0 Å². The van der Waals surface area contributed by atoms with E-state index in [2.05, 4.69) is 11.8 Å². The SMILES string of the molecule is C[C@H]1COC[C@H]2CN(C(=O)Cn3c(=O)oc4ccccc43)CCN21. The highest BCUT2D eigenvalue weighted by atomic mass is 16.5. The van der Waals surface area contributed by atoms with Gasteiger partial charge >= 0.3 is 5.76 Å². The van der Waals surface area contributed by atoms with Crippen LogP contribution >= 0.6 is 0 Å². The van der Waals surface area contributed by atoms with Crippen LogP contribution in [0.4, 0.5) is 0 Å². The summed E-state index contributed by atoms with van der Waals surface area (Å²) < 4.78 is 12.2. The van der Waals surface area contributed by atoms with Crippen LogP contribution < -0.4 is 5.76 Å². The smallest absolute Gasteiger partial charge is 0.408 e. The first-order valence-corrected chi connectivity index (χ1v) is 8.33. The van der Waals surface area contributed by atoms with Crippen LogP contribution in [-0.4, -0.2) is 65.2 Å². The van der Waals surface area contributed by atoms with Gasteiger partial charge in [0.05, 0.1) is 24.8 Å². The van der Waals surface area contributed by atoms with Crippen molar-refractivity contribution in [1.29, 1.82) is 0 Å². The Kier molecular flexibility index (Phi) is 3.90. The van der Waals surface area contributed by atoms with Crippen LogP contribution in [0.5, 0.6) is 0 Å². The molecule has 0 N–H and O–H groups in total. The van der Waals surface area contributed by atoms with E-state index < -0.39 is 5.76 Å². The first-order valence-electron chi connectivity index (χ1n) is 8.33. The van der Waals surface area contributed by atoms with Gasteiger partial charge in [0, 0.05) is 25.7 Å². The zero-order valence-electron chi connectivity index (χ0n) is 13.7. The number of para-hydroxylation sites is 2. The summed E-state index contributed by atoms with van der Waals surface area (Å²) in [6, 6.07) is 7.80. The highest BCUT2D eigenvalue weighted by Gasteiger charge is 2.35. The topological polar surface area (TPSA) is 67.9 Å². The van der Waals surface area contributed by atoms with Crippen molar-refractivity contribution >= 4 is 17.0 Å². The van der Waals surface area contributed by atoms with Gasteiger partial charge in [-0.15, -0.1) is 0 Å². The van der Waals surface area contributed by atoms with Crippen molar-refractivity contribution in [3.05, 3.63) is 34.8 Å². The Balaban J connectivity index is 1.50. The standard InChI is InChI=1S/C17H21N3O4/c1-12-10-23-11-13-8-18(6-7-19(12)13)16(21)9-20-14-4-2-3-5-15(14)24-17(20)22/h2-5,12-13H,6-11H2,1H3/t12-,13+/m0/s1. The number of aromatic nitrogens is 1. The van der Waals surface area contributed by atoms with Crippen LogP contribution in [0.15, 0.2) is 33.5 Å². The van der Waals surface area contributed by atoms with Gasteiger partial charge in [0.15, 0.2) is 5.58 Å². The Morgan fingerprint density at radius 2 is 2.08 bits per heavy atom. The quantitative estimate of drug-likeness (QED) is 0.803. The van der Waals surface area contributed by atoms with E-state index in [4.69, 9.17) is 9.15 Å². The summed E-state index contributed by atoms with van der Waals surface area (Å²) in [6.45, 7) is 5.75. The van der Waals surface area contributed by atoms with Crippen molar-refractivity contribution in [2.75, 3.05) is 32.8 Å². The van der Waals surface area contributed by atoms with Crippen molar-refractivity contribution < 1.29 is 13.9 Å². The van der Waals surface area contributed by atoms with Crippen molar-refractivity contribution in [2.24, 2.45) is 0 Å². The predicted octanol–water partition coefficient (Wildman–Crippen LogP) is 0.526. The number of morpholine rings is 1. The molecule has 0 radical (unpaired) electrons. The maximum atomic E-state index is 12.7. The number of hydrogen-bond acceptors (Lipinski definition) is 5. The molecule has 2 fully saturated rings. The van der Waals surface area contributed by atoms with Crippen LogP contribution in [0.3, 0.4) is 0 Å². The van der Waals surface area contributed by atoms with Gasteiger partial charge in [-0.1, -0.05) is 12.1 Å². The third kappa shape index (κ3) is 2.63. The number of ether oxygens (including phenoxy) is 1. The fraction of sp³-hybridized carbons (Fsp3) is 0.529. The zero-order chi connectivity index (χ0) is 16.7. The molecular formula is C17H21N3O4. The summed E-state index contributed by atoms with van der Waals surface area (Å²) in [7, 11) is 0. The molecule has 7 nitrogen and oxygen atoms in total. The number of nitrogens with zero attached hydrogens (tertiary/aromatic N) is 3. The number of amides is 1. The van der Waals surface area contributed by atoms with Gasteiger partial charge in [-0.25, -0.2) is 4.79 Å². The summed E-state index contributed by atoms with van der Waals surface area (Å²) in [5.74, 6) is -0.542. The lowest BCUT2D eigenvalue weighted by Crippen LogP contribution is -2.62. The van der Waals surface area contributed by atoms with E-state index in [0.717, 1.165) is 13.2 Å². The predicted molar refractivity (Wildman–Crippen MR) is 87.8 cm³/mol. The highest BCUT2D eigenvalue weighted by Crippen LogP contribution is 2.19. The average Bonchev–Trinajstić information content (AvgIpc) is 2.90. The summed E-state index contributed by atoms with van der Waals surface area (Å²) in [5, 5.41) is 0. The molecule has 1 aromatic carbocycles. The van der Waals surface area contributed by atoms with E-state index in [9.17, 15) is 9.59 Å². The molecule has 0 spiro atoms. The van der Waals surface area contributed by atoms with E-state index >= 15 is 0 Å². The molecule has 2 aliphatic heterocycles. The Bertz CT molecular complexity index is 812. The molecule has 0 unspecified atom stereocenters. The molecule has 0 saturated carbocycles. The fourth-order valence-electron chi connectivity index (χ4n) is 3.69. The van der Waals surface area contributed by atoms with Crippen molar-refractivity contribution in [3.8, 4) is 0 Å². The third-order valence-electron chi connectivity index (χ3n) is 4.98. The molecule has 3 heterocycles. The average molecular weight is 331 g/mol. The molecule has 4 rings (SSSR count). The summed E-state index contributed by atoms with van der Waals surface area (Å²) in [6.07, 6.45) is 0. The number of carbonyl (C=O) groups is 1. The molecule has 1 amide bonds. The maximum absolute atomic E-state index is 12.7. The lowest BCUT2D eigenvalue weighted by molar-refractivity contribution is -0.139. The number of oxazole rings is 1. The molecule has 7 heteroatoms. The Labute approximate surface area is 139 Å². The normalized spacial score (nSPS) is 25.0. The van der Waals surface area contributed by atoms with Gasteiger partial charge in [-0.3, -0.25) is 14.3 Å². The second-order valence-corrected chi connectivity index (χ2v) is 6.54. The molecule has 2 aliphatic rings. The minimum absolute atomic E-state index is 0.0129. The maximum Gasteiger partial charge on any atom is 0.420 e. The number of carbonyl (C=O) groups excluding carboxylic acids is 1. The van der Waals surface area contributed by atoms with Gasteiger partial charge in [-0.05, 0) is 19.1 Å². The lowest BCUT2D eigenvalue weighted by atomic mass is 10.1. The first kappa shape index (κ1) is 15.4. The minimum Gasteiger partial charge on any atom is -0.408 e. The Hall–Kier alpha value is -2.12. The zero-order valence-corrected chi connectivity index (χ0v) is 13.7. The van der Waals surface area contributed by atoms with E-state index in [0.29, 0.717) is 36.8 Å². The fourth-order valence-corrected chi connectivity index (χ4v) is 3.69. The number of hydrogen-bond donors (Lipinski definition) is 0. The van der Waals surface area contributed by atoms with E-state index in [-0.39, 0.29) is 18.5 Å². The molecule has 2 atom stereocenters. The first-order chi connectivity index (χ1) is 11.6. The van der Waals surface area contributed by atoms with Crippen LogP contribution in [0.1, 0.15) is 6.92 Å². The van der Waals surface area contributed by atoms with Gasteiger partial charge in [0.1, 0.15) is 6.54 Å². The van der Waals surface area contributed by atoms with Gasteiger partial charge in [0.2, 0.25) is 5.91 Å². The van der Waals surface area contributed by atoms with Crippen molar-refractivity contribution in [1.82, 2.24) is 14.4 Å². The van der Waals surface area contributed by atoms with Crippen LogP contribution in [0, 0.1) is 0 Å². The van der Waals surface area contributed by atoms with Gasteiger partial charge in [0.25, 0.3) is 0 Å². The van der Waals surface area contributed by atoms with Crippen LogP contribution in [0.25, 0.3) is 11.1 Å². The Morgan fingerprint density at radius 3 is 2.96 bits per heavy atom. The number of piperazine rings is 1. The molecule has 24 heavy (non-hydrogen) atoms. The third-order valence-corrected chi connectivity index (χ3v) is 4.98. The largest absolute Gasteiger partial charge is 0.420 e. The summed E-state index contributed by atoms with van der Waals surface area (Å²) in [4.78, 5) is 28.9. The monoisotopic (exact) mass is 331 g/mol. The van der Waals surface area contributed by atoms with Gasteiger partial charge < -0.3 is 14.1 Å². The van der Waals surface area contributed by atoms with Crippen LogP contribution in [-0.2, 0) is 16.1 Å². The molecule has 2 saturated heterocycles.